The molecule has 1 aliphatic rings. The van der Waals surface area contributed by atoms with Gasteiger partial charge in [0.25, 0.3) is 0 Å². The molecule has 2 aromatic rings. The van der Waals surface area contributed by atoms with Crippen LogP contribution < -0.4 is 0 Å². The Morgan fingerprint density at radius 1 is 1.25 bits per heavy atom. The van der Waals surface area contributed by atoms with Crippen LogP contribution in [0.3, 0.4) is 0 Å². The Kier molecular flexibility index (Phi) is 4.08. The molecule has 0 atom stereocenters. The highest BCUT2D eigenvalue weighted by Crippen LogP contribution is 2.33. The SMILES string of the molecule is N#Cc1c(Br)cccc1Sc1nnc2n1CCCCC2. The minimum atomic E-state index is 0.656. The van der Waals surface area contributed by atoms with Gasteiger partial charge in [0.2, 0.25) is 0 Å². The number of hydrogen-bond donors (Lipinski definition) is 0. The molecule has 1 aromatic heterocycles. The monoisotopic (exact) mass is 348 g/mol. The number of aromatic nitrogens is 3. The van der Waals surface area contributed by atoms with Gasteiger partial charge in [-0.1, -0.05) is 12.5 Å². The van der Waals surface area contributed by atoms with E-state index in [4.69, 9.17) is 0 Å². The van der Waals surface area contributed by atoms with Gasteiger partial charge in [-0.05, 0) is 52.7 Å². The molecule has 0 N–H and O–H groups in total. The Hall–Kier alpha value is -1.32. The summed E-state index contributed by atoms with van der Waals surface area (Å²) in [7, 11) is 0. The second-order valence-corrected chi connectivity index (χ2v) is 6.55. The molecule has 2 heterocycles. The molecule has 0 bridgehead atoms. The summed E-state index contributed by atoms with van der Waals surface area (Å²) in [5.41, 5.74) is 0.656. The smallest absolute Gasteiger partial charge is 0.196 e. The van der Waals surface area contributed by atoms with Crippen molar-refractivity contribution in [3.63, 3.8) is 0 Å². The molecule has 1 aliphatic heterocycles. The molecule has 20 heavy (non-hydrogen) atoms. The van der Waals surface area contributed by atoms with Gasteiger partial charge < -0.3 is 4.57 Å². The fraction of sp³-hybridized carbons (Fsp3) is 0.357. The number of nitriles is 1. The molecule has 0 saturated carbocycles. The quantitative estimate of drug-likeness (QED) is 0.828. The number of fused-ring (bicyclic) bond motifs is 1. The van der Waals surface area contributed by atoms with Crippen molar-refractivity contribution in [3.8, 4) is 6.07 Å². The van der Waals surface area contributed by atoms with Gasteiger partial charge in [-0.25, -0.2) is 0 Å². The molecule has 6 heteroatoms. The maximum atomic E-state index is 9.28. The normalized spacial score (nSPS) is 14.4. The van der Waals surface area contributed by atoms with Crippen molar-refractivity contribution in [1.29, 1.82) is 5.26 Å². The standard InChI is InChI=1S/C14H13BrN4S/c15-11-5-4-6-12(10(11)9-16)20-14-18-17-13-7-2-1-3-8-19(13)14/h4-6H,1-3,7-8H2. The van der Waals surface area contributed by atoms with Crippen LogP contribution >= 0.6 is 27.7 Å². The summed E-state index contributed by atoms with van der Waals surface area (Å²) in [4.78, 5) is 0.918. The first-order valence-electron chi connectivity index (χ1n) is 6.58. The molecule has 0 spiro atoms. The van der Waals surface area contributed by atoms with Crippen LogP contribution in [-0.4, -0.2) is 14.8 Å². The second-order valence-electron chi connectivity index (χ2n) is 4.69. The lowest BCUT2D eigenvalue weighted by atomic mass is 10.2. The van der Waals surface area contributed by atoms with E-state index in [2.05, 4.69) is 36.8 Å². The van der Waals surface area contributed by atoms with E-state index >= 15 is 0 Å². The van der Waals surface area contributed by atoms with Gasteiger partial charge in [-0.3, -0.25) is 0 Å². The first-order valence-corrected chi connectivity index (χ1v) is 8.19. The van der Waals surface area contributed by atoms with Gasteiger partial charge in [0.15, 0.2) is 5.16 Å². The Bertz CT molecular complexity index is 674. The third kappa shape index (κ3) is 2.60. The zero-order chi connectivity index (χ0) is 13.9. The fourth-order valence-corrected chi connectivity index (χ4v) is 3.91. The van der Waals surface area contributed by atoms with E-state index in [-0.39, 0.29) is 0 Å². The van der Waals surface area contributed by atoms with Gasteiger partial charge in [-0.15, -0.1) is 10.2 Å². The minimum Gasteiger partial charge on any atom is -0.306 e. The van der Waals surface area contributed by atoms with Crippen LogP contribution in [0, 0.1) is 11.3 Å². The molecule has 3 rings (SSSR count). The molecule has 0 fully saturated rings. The lowest BCUT2D eigenvalue weighted by molar-refractivity contribution is 0.591. The molecular formula is C14H13BrN4S. The summed E-state index contributed by atoms with van der Waals surface area (Å²) in [6, 6.07) is 8.01. The molecule has 0 radical (unpaired) electrons. The highest BCUT2D eigenvalue weighted by atomic mass is 79.9. The van der Waals surface area contributed by atoms with Crippen LogP contribution in [0.25, 0.3) is 0 Å². The van der Waals surface area contributed by atoms with Gasteiger partial charge in [0.1, 0.15) is 11.9 Å². The summed E-state index contributed by atoms with van der Waals surface area (Å²) in [5.74, 6) is 1.07. The van der Waals surface area contributed by atoms with Gasteiger partial charge in [0.05, 0.1) is 5.56 Å². The summed E-state index contributed by atoms with van der Waals surface area (Å²) >= 11 is 4.94. The van der Waals surface area contributed by atoms with Crippen LogP contribution in [0.5, 0.6) is 0 Å². The predicted molar refractivity (Wildman–Crippen MR) is 80.6 cm³/mol. The Balaban J connectivity index is 1.95. The van der Waals surface area contributed by atoms with E-state index in [0.717, 1.165) is 33.3 Å². The topological polar surface area (TPSA) is 54.5 Å². The van der Waals surface area contributed by atoms with Crippen LogP contribution in [0.4, 0.5) is 0 Å². The average Bonchev–Trinajstić information content (AvgIpc) is 2.68. The van der Waals surface area contributed by atoms with Crippen LogP contribution in [0.2, 0.25) is 0 Å². The van der Waals surface area contributed by atoms with Gasteiger partial charge >= 0.3 is 0 Å². The number of hydrogen-bond acceptors (Lipinski definition) is 4. The lowest BCUT2D eigenvalue weighted by Gasteiger charge is -2.07. The zero-order valence-corrected chi connectivity index (χ0v) is 13.2. The third-order valence-corrected chi connectivity index (χ3v) is 5.07. The van der Waals surface area contributed by atoms with Crippen molar-refractivity contribution in [2.75, 3.05) is 0 Å². The maximum Gasteiger partial charge on any atom is 0.196 e. The summed E-state index contributed by atoms with van der Waals surface area (Å²) in [5, 5.41) is 18.7. The molecule has 4 nitrogen and oxygen atoms in total. The number of aryl methyl sites for hydroxylation is 1. The van der Waals surface area contributed by atoms with Crippen molar-refractivity contribution in [1.82, 2.24) is 14.8 Å². The van der Waals surface area contributed by atoms with E-state index in [1.54, 1.807) is 0 Å². The van der Waals surface area contributed by atoms with Crippen molar-refractivity contribution in [2.24, 2.45) is 0 Å². The maximum absolute atomic E-state index is 9.28. The molecule has 0 amide bonds. The highest BCUT2D eigenvalue weighted by Gasteiger charge is 2.17. The highest BCUT2D eigenvalue weighted by molar-refractivity contribution is 9.10. The van der Waals surface area contributed by atoms with E-state index in [9.17, 15) is 5.26 Å². The van der Waals surface area contributed by atoms with E-state index in [1.165, 1.54) is 31.0 Å². The fourth-order valence-electron chi connectivity index (χ4n) is 2.33. The Labute approximate surface area is 130 Å². The predicted octanol–water partition coefficient (Wildman–Crippen LogP) is 3.79. The number of nitrogens with zero attached hydrogens (tertiary/aromatic N) is 4. The Morgan fingerprint density at radius 2 is 2.15 bits per heavy atom. The van der Waals surface area contributed by atoms with E-state index < -0.39 is 0 Å². The zero-order valence-electron chi connectivity index (χ0n) is 10.8. The first kappa shape index (κ1) is 13.7. The molecule has 102 valence electrons. The summed E-state index contributed by atoms with van der Waals surface area (Å²) in [6.07, 6.45) is 4.59. The first-order chi connectivity index (χ1) is 9.79. The number of rotatable bonds is 2. The van der Waals surface area contributed by atoms with E-state index in [0.29, 0.717) is 5.56 Å². The largest absolute Gasteiger partial charge is 0.306 e. The molecule has 0 aliphatic carbocycles. The van der Waals surface area contributed by atoms with Gasteiger partial charge in [-0.2, -0.15) is 5.26 Å². The lowest BCUT2D eigenvalue weighted by Crippen LogP contribution is -2.02. The summed E-state index contributed by atoms with van der Waals surface area (Å²) in [6.45, 7) is 0.973. The van der Waals surface area contributed by atoms with E-state index in [1.807, 2.05) is 18.2 Å². The third-order valence-electron chi connectivity index (χ3n) is 3.36. The van der Waals surface area contributed by atoms with Crippen LogP contribution in [0.15, 0.2) is 32.7 Å². The van der Waals surface area contributed by atoms with Gasteiger partial charge in [0, 0.05) is 22.3 Å². The molecule has 1 aromatic carbocycles. The van der Waals surface area contributed by atoms with Crippen molar-refractivity contribution in [2.45, 2.75) is 42.3 Å². The summed E-state index contributed by atoms with van der Waals surface area (Å²) < 4.78 is 3.01. The Morgan fingerprint density at radius 3 is 3.00 bits per heavy atom. The molecule has 0 unspecified atom stereocenters. The van der Waals surface area contributed by atoms with Crippen LogP contribution in [0.1, 0.15) is 30.7 Å². The molecule has 0 saturated heterocycles. The number of halogens is 1. The minimum absolute atomic E-state index is 0.656. The van der Waals surface area contributed by atoms with Crippen LogP contribution in [-0.2, 0) is 13.0 Å². The van der Waals surface area contributed by atoms with Crippen molar-refractivity contribution in [3.05, 3.63) is 34.1 Å². The van der Waals surface area contributed by atoms with Crippen molar-refractivity contribution >= 4 is 27.7 Å². The second kappa shape index (κ2) is 5.98. The van der Waals surface area contributed by atoms with Crippen molar-refractivity contribution < 1.29 is 0 Å². The molecular weight excluding hydrogens is 336 g/mol. The average molecular weight is 349 g/mol. The number of benzene rings is 1.